The van der Waals surface area contributed by atoms with Crippen molar-refractivity contribution in [2.75, 3.05) is 6.79 Å². The highest BCUT2D eigenvalue weighted by molar-refractivity contribution is 6.04. The largest absolute Gasteiger partial charge is 0.450 e. The second-order valence-electron chi connectivity index (χ2n) is 3.96. The average Bonchev–Trinajstić information content (AvgIpc) is 2.61. The number of hydrogen-bond acceptors (Lipinski definition) is 3. The van der Waals surface area contributed by atoms with Crippen LogP contribution in [0.25, 0.3) is 10.8 Å². The van der Waals surface area contributed by atoms with E-state index in [0.717, 1.165) is 17.0 Å². The lowest BCUT2D eigenvalue weighted by molar-refractivity contribution is -0.0522. The van der Waals surface area contributed by atoms with Gasteiger partial charge in [-0.3, -0.25) is 0 Å². The summed E-state index contributed by atoms with van der Waals surface area (Å²) in [5, 5.41) is 2.42. The van der Waals surface area contributed by atoms with Gasteiger partial charge in [-0.1, -0.05) is 30.3 Å². The highest BCUT2D eigenvalue weighted by Gasteiger charge is 2.32. The van der Waals surface area contributed by atoms with Gasteiger partial charge in [0, 0.05) is 11.1 Å². The molecule has 1 atom stereocenters. The molecule has 0 spiro atoms. The molecule has 3 nitrogen and oxygen atoms in total. The molecule has 0 N–H and O–H groups in total. The SMILES string of the molecule is c1ccc2c3c(ccc2c1)C1=NC3OCO1. The minimum absolute atomic E-state index is 0.176. The van der Waals surface area contributed by atoms with Gasteiger partial charge in [-0.2, -0.15) is 0 Å². The van der Waals surface area contributed by atoms with E-state index < -0.39 is 0 Å². The van der Waals surface area contributed by atoms with Crippen LogP contribution < -0.4 is 0 Å². The molecule has 2 aliphatic rings. The van der Waals surface area contributed by atoms with Gasteiger partial charge in [0.05, 0.1) is 0 Å². The lowest BCUT2D eigenvalue weighted by atomic mass is 10.00. The van der Waals surface area contributed by atoms with Crippen LogP contribution in [0.15, 0.2) is 41.4 Å². The first-order valence-electron chi connectivity index (χ1n) is 5.28. The summed E-state index contributed by atoms with van der Waals surface area (Å²) in [6.07, 6.45) is -0.176. The number of rotatable bonds is 0. The smallest absolute Gasteiger partial charge is 0.221 e. The zero-order chi connectivity index (χ0) is 10.5. The van der Waals surface area contributed by atoms with Gasteiger partial charge in [0.2, 0.25) is 5.90 Å². The first kappa shape index (κ1) is 8.30. The number of benzene rings is 2. The van der Waals surface area contributed by atoms with Gasteiger partial charge in [0.1, 0.15) is 0 Å². The molecule has 0 saturated heterocycles. The molecule has 2 aromatic rings. The van der Waals surface area contributed by atoms with Gasteiger partial charge < -0.3 is 9.47 Å². The van der Waals surface area contributed by atoms with Gasteiger partial charge in [0.25, 0.3) is 0 Å². The molecule has 0 aromatic heterocycles. The fraction of sp³-hybridized carbons (Fsp3) is 0.154. The number of aliphatic imine (C=N–C) groups is 1. The third kappa shape index (κ3) is 0.933. The molecule has 0 fully saturated rings. The molecule has 0 saturated carbocycles. The number of nitrogens with zero attached hydrogens (tertiary/aromatic N) is 1. The van der Waals surface area contributed by atoms with Crippen molar-refractivity contribution in [3.8, 4) is 0 Å². The van der Waals surface area contributed by atoms with Crippen LogP contribution in [0.4, 0.5) is 0 Å². The van der Waals surface area contributed by atoms with Crippen LogP contribution in [0.3, 0.4) is 0 Å². The summed E-state index contributed by atoms with van der Waals surface area (Å²) in [7, 11) is 0. The van der Waals surface area contributed by atoms with Crippen molar-refractivity contribution < 1.29 is 9.47 Å². The van der Waals surface area contributed by atoms with Crippen LogP contribution >= 0.6 is 0 Å². The molecule has 0 amide bonds. The van der Waals surface area contributed by atoms with Gasteiger partial charge >= 0.3 is 0 Å². The monoisotopic (exact) mass is 211 g/mol. The maximum Gasteiger partial charge on any atom is 0.221 e. The zero-order valence-corrected chi connectivity index (χ0v) is 8.51. The fourth-order valence-electron chi connectivity index (χ4n) is 2.38. The van der Waals surface area contributed by atoms with Crippen molar-refractivity contribution in [1.29, 1.82) is 0 Å². The number of fused-ring (bicyclic) bond motifs is 6. The van der Waals surface area contributed by atoms with Crippen molar-refractivity contribution in [1.82, 2.24) is 0 Å². The van der Waals surface area contributed by atoms with Gasteiger partial charge in [-0.15, -0.1) is 0 Å². The van der Waals surface area contributed by atoms with E-state index in [0.29, 0.717) is 6.79 Å². The lowest BCUT2D eigenvalue weighted by Crippen LogP contribution is -2.11. The van der Waals surface area contributed by atoms with E-state index in [1.54, 1.807) is 0 Å². The standard InChI is InChI=1S/C13H9NO2/c1-2-4-9-8(3-1)5-6-10-11(9)13-14-12(10)15-7-16-13/h1-6,13H,7H2. The van der Waals surface area contributed by atoms with E-state index in [4.69, 9.17) is 9.47 Å². The maximum absolute atomic E-state index is 5.49. The molecule has 2 bridgehead atoms. The Labute approximate surface area is 92.3 Å². The van der Waals surface area contributed by atoms with E-state index in [1.165, 1.54) is 10.8 Å². The summed E-state index contributed by atoms with van der Waals surface area (Å²) in [4.78, 5) is 4.38. The van der Waals surface area contributed by atoms with Crippen molar-refractivity contribution in [2.45, 2.75) is 6.23 Å². The van der Waals surface area contributed by atoms with Crippen LogP contribution in [-0.4, -0.2) is 12.7 Å². The van der Waals surface area contributed by atoms with E-state index in [1.807, 2.05) is 12.1 Å². The Balaban J connectivity index is 2.11. The minimum Gasteiger partial charge on any atom is -0.450 e. The third-order valence-electron chi connectivity index (χ3n) is 3.10. The van der Waals surface area contributed by atoms with Crippen molar-refractivity contribution in [2.24, 2.45) is 4.99 Å². The second-order valence-corrected chi connectivity index (χ2v) is 3.96. The fourth-order valence-corrected chi connectivity index (χ4v) is 2.38. The second kappa shape index (κ2) is 2.83. The van der Waals surface area contributed by atoms with Crippen molar-refractivity contribution in [3.05, 3.63) is 47.5 Å². The molecule has 0 aliphatic carbocycles. The molecule has 4 rings (SSSR count). The summed E-state index contributed by atoms with van der Waals surface area (Å²) in [5.74, 6) is 0.719. The van der Waals surface area contributed by atoms with Crippen molar-refractivity contribution in [3.63, 3.8) is 0 Å². The molecule has 0 radical (unpaired) electrons. The average molecular weight is 211 g/mol. The van der Waals surface area contributed by atoms with E-state index in [-0.39, 0.29) is 6.23 Å². The molecule has 16 heavy (non-hydrogen) atoms. The highest BCUT2D eigenvalue weighted by atomic mass is 16.7. The molecular weight excluding hydrogens is 202 g/mol. The van der Waals surface area contributed by atoms with Crippen LogP contribution in [0, 0.1) is 0 Å². The Kier molecular flexibility index (Phi) is 1.47. The molecule has 2 aromatic carbocycles. The van der Waals surface area contributed by atoms with Crippen LogP contribution in [0.5, 0.6) is 0 Å². The number of ether oxygens (including phenoxy) is 2. The summed E-state index contributed by atoms with van der Waals surface area (Å²) in [5.41, 5.74) is 2.21. The van der Waals surface area contributed by atoms with Gasteiger partial charge in [-0.05, 0) is 16.8 Å². The quantitative estimate of drug-likeness (QED) is 0.670. The van der Waals surface area contributed by atoms with Gasteiger partial charge in [0.15, 0.2) is 13.0 Å². The Morgan fingerprint density at radius 1 is 1.12 bits per heavy atom. The summed E-state index contributed by atoms with van der Waals surface area (Å²) >= 11 is 0. The summed E-state index contributed by atoms with van der Waals surface area (Å²) in [6.45, 7) is 0.298. The lowest BCUT2D eigenvalue weighted by Gasteiger charge is -2.13. The maximum atomic E-state index is 5.49. The normalized spacial score (nSPS) is 21.5. The zero-order valence-electron chi connectivity index (χ0n) is 8.51. The van der Waals surface area contributed by atoms with Crippen LogP contribution in [-0.2, 0) is 9.47 Å². The van der Waals surface area contributed by atoms with E-state index >= 15 is 0 Å². The number of hydrogen-bond donors (Lipinski definition) is 0. The Morgan fingerprint density at radius 2 is 2.06 bits per heavy atom. The molecule has 2 heterocycles. The molecular formula is C13H9NO2. The van der Waals surface area contributed by atoms with E-state index in [2.05, 4.69) is 29.3 Å². The van der Waals surface area contributed by atoms with Crippen molar-refractivity contribution >= 4 is 16.7 Å². The van der Waals surface area contributed by atoms with Crippen LogP contribution in [0.2, 0.25) is 0 Å². The Bertz CT molecular complexity index is 618. The first-order chi connectivity index (χ1) is 7.93. The Hall–Kier alpha value is -1.87. The predicted octanol–water partition coefficient (Wildman–Crippen LogP) is 2.60. The summed E-state index contributed by atoms with van der Waals surface area (Å²) < 4.78 is 10.9. The molecule has 2 aliphatic heterocycles. The van der Waals surface area contributed by atoms with Crippen LogP contribution in [0.1, 0.15) is 17.4 Å². The molecule has 3 heteroatoms. The Morgan fingerprint density at radius 3 is 3.06 bits per heavy atom. The predicted molar refractivity (Wildman–Crippen MR) is 60.3 cm³/mol. The third-order valence-corrected chi connectivity index (χ3v) is 3.10. The van der Waals surface area contributed by atoms with E-state index in [9.17, 15) is 0 Å². The topological polar surface area (TPSA) is 30.8 Å². The van der Waals surface area contributed by atoms with Gasteiger partial charge in [-0.25, -0.2) is 4.99 Å². The molecule has 1 unspecified atom stereocenters. The summed E-state index contributed by atoms with van der Waals surface area (Å²) in [6, 6.07) is 12.4. The minimum atomic E-state index is -0.176. The first-order valence-corrected chi connectivity index (χ1v) is 5.28. The molecule has 78 valence electrons. The highest BCUT2D eigenvalue weighted by Crippen LogP contribution is 2.38.